The van der Waals surface area contributed by atoms with Crippen LogP contribution in [-0.2, 0) is 6.42 Å². The van der Waals surface area contributed by atoms with Gasteiger partial charge in [0, 0.05) is 19.0 Å². The summed E-state index contributed by atoms with van der Waals surface area (Å²) in [5.41, 5.74) is 6.56. The summed E-state index contributed by atoms with van der Waals surface area (Å²) in [5, 5.41) is 0. The fraction of sp³-hybridized carbons (Fsp3) is 0.286. The molecule has 2 aromatic rings. The van der Waals surface area contributed by atoms with Crippen LogP contribution in [0.25, 0.3) is 11.3 Å². The topological polar surface area (TPSA) is 65.2 Å². The van der Waals surface area contributed by atoms with Crippen molar-refractivity contribution in [3.63, 3.8) is 0 Å². The predicted molar refractivity (Wildman–Crippen MR) is 39.0 cm³/mol. The first kappa shape index (κ1) is 6.42. The van der Waals surface area contributed by atoms with Crippen molar-refractivity contribution in [2.75, 3.05) is 6.54 Å². The third-order valence-electron chi connectivity index (χ3n) is 1.42. The number of fused-ring (bicyclic) bond motifs is 1. The molecule has 0 aliphatic heterocycles. The van der Waals surface area contributed by atoms with Crippen LogP contribution in [0.4, 0.5) is 0 Å². The summed E-state index contributed by atoms with van der Waals surface area (Å²) in [5.74, 6) is 0.641. The molecule has 2 rings (SSSR count). The highest BCUT2D eigenvalue weighted by Gasteiger charge is 2.05. The van der Waals surface area contributed by atoms with Crippen LogP contribution in [0.2, 0.25) is 0 Å². The van der Waals surface area contributed by atoms with E-state index in [4.69, 9.17) is 14.6 Å². The first-order valence-corrected chi connectivity index (χ1v) is 3.43. The smallest absolute Gasteiger partial charge is 0.265 e. The summed E-state index contributed by atoms with van der Waals surface area (Å²) in [7, 11) is 0. The van der Waals surface area contributed by atoms with E-state index in [9.17, 15) is 0 Å². The van der Waals surface area contributed by atoms with Gasteiger partial charge in [0.25, 0.3) is 5.71 Å². The standard InChI is InChI=1S/C7H8N2O2/c8-3-1-6-9-7-5(11-6)2-4-10-7/h2,4H,1,3,8H2. The van der Waals surface area contributed by atoms with E-state index in [0.29, 0.717) is 30.2 Å². The van der Waals surface area contributed by atoms with Crippen LogP contribution in [0.15, 0.2) is 21.2 Å². The van der Waals surface area contributed by atoms with E-state index in [2.05, 4.69) is 4.98 Å². The zero-order valence-corrected chi connectivity index (χ0v) is 5.91. The second-order valence-corrected chi connectivity index (χ2v) is 2.24. The zero-order chi connectivity index (χ0) is 7.68. The number of oxazole rings is 1. The molecular formula is C7H8N2O2. The van der Waals surface area contributed by atoms with Gasteiger partial charge in [-0.1, -0.05) is 0 Å². The number of aromatic nitrogens is 1. The number of nitrogens with two attached hydrogens (primary N) is 1. The van der Waals surface area contributed by atoms with Crippen molar-refractivity contribution in [2.24, 2.45) is 5.73 Å². The average molecular weight is 152 g/mol. The van der Waals surface area contributed by atoms with E-state index in [-0.39, 0.29) is 0 Å². The lowest BCUT2D eigenvalue weighted by molar-refractivity contribution is 0.530. The highest BCUT2D eigenvalue weighted by atomic mass is 16.4. The molecule has 0 aliphatic rings. The van der Waals surface area contributed by atoms with Gasteiger partial charge in [0.2, 0.25) is 0 Å². The van der Waals surface area contributed by atoms with E-state index in [1.54, 1.807) is 12.3 Å². The maximum Gasteiger partial charge on any atom is 0.265 e. The monoisotopic (exact) mass is 152 g/mol. The van der Waals surface area contributed by atoms with Crippen LogP contribution in [0, 0.1) is 0 Å². The SMILES string of the molecule is NCCc1nc2occc2o1. The van der Waals surface area contributed by atoms with Gasteiger partial charge < -0.3 is 14.6 Å². The normalized spacial score (nSPS) is 11.0. The molecule has 11 heavy (non-hydrogen) atoms. The lowest BCUT2D eigenvalue weighted by atomic mass is 10.4. The Morgan fingerprint density at radius 2 is 2.45 bits per heavy atom. The second-order valence-electron chi connectivity index (χ2n) is 2.24. The minimum Gasteiger partial charge on any atom is -0.444 e. The molecule has 0 spiro atoms. The fourth-order valence-corrected chi connectivity index (χ4v) is 0.942. The highest BCUT2D eigenvalue weighted by Crippen LogP contribution is 2.15. The minimum atomic E-state index is 0.545. The van der Waals surface area contributed by atoms with Crippen LogP contribution in [0.3, 0.4) is 0 Å². The second kappa shape index (κ2) is 2.39. The fourth-order valence-electron chi connectivity index (χ4n) is 0.942. The molecule has 0 amide bonds. The van der Waals surface area contributed by atoms with Crippen molar-refractivity contribution in [3.05, 3.63) is 18.2 Å². The largest absolute Gasteiger partial charge is 0.444 e. The number of hydrogen-bond donors (Lipinski definition) is 1. The Labute approximate surface area is 63.0 Å². The Kier molecular flexibility index (Phi) is 1.40. The van der Waals surface area contributed by atoms with Crippen LogP contribution >= 0.6 is 0 Å². The zero-order valence-electron chi connectivity index (χ0n) is 5.91. The van der Waals surface area contributed by atoms with E-state index >= 15 is 0 Å². The summed E-state index contributed by atoms with van der Waals surface area (Å²) in [6.07, 6.45) is 2.21. The highest BCUT2D eigenvalue weighted by molar-refractivity contribution is 5.65. The van der Waals surface area contributed by atoms with Gasteiger partial charge in [-0.2, -0.15) is 4.98 Å². The molecule has 2 heterocycles. The summed E-state index contributed by atoms with van der Waals surface area (Å²) in [6.45, 7) is 0.545. The van der Waals surface area contributed by atoms with Crippen LogP contribution < -0.4 is 5.73 Å². The van der Waals surface area contributed by atoms with Crippen molar-refractivity contribution in [1.82, 2.24) is 4.98 Å². The Morgan fingerprint density at radius 3 is 3.18 bits per heavy atom. The van der Waals surface area contributed by atoms with Gasteiger partial charge in [-0.3, -0.25) is 0 Å². The van der Waals surface area contributed by atoms with Crippen molar-refractivity contribution in [3.8, 4) is 0 Å². The lowest BCUT2D eigenvalue weighted by Gasteiger charge is -1.85. The molecule has 58 valence electrons. The molecule has 4 heteroatoms. The molecule has 0 unspecified atom stereocenters. The molecule has 0 aromatic carbocycles. The Bertz CT molecular complexity index is 321. The van der Waals surface area contributed by atoms with Gasteiger partial charge in [0.15, 0.2) is 11.5 Å². The molecule has 2 aromatic heterocycles. The predicted octanol–water partition coefficient (Wildman–Crippen LogP) is 0.922. The van der Waals surface area contributed by atoms with Crippen molar-refractivity contribution in [2.45, 2.75) is 6.42 Å². The van der Waals surface area contributed by atoms with Gasteiger partial charge in [-0.05, 0) is 0 Å². The summed E-state index contributed by atoms with van der Waals surface area (Å²) in [4.78, 5) is 4.05. The third-order valence-corrected chi connectivity index (χ3v) is 1.42. The maximum atomic E-state index is 5.32. The van der Waals surface area contributed by atoms with Crippen molar-refractivity contribution < 1.29 is 8.83 Å². The van der Waals surface area contributed by atoms with Gasteiger partial charge in [-0.15, -0.1) is 0 Å². The van der Waals surface area contributed by atoms with E-state index < -0.39 is 0 Å². The Morgan fingerprint density at radius 1 is 1.55 bits per heavy atom. The number of rotatable bonds is 2. The Hall–Kier alpha value is -1.29. The molecule has 0 atom stereocenters. The van der Waals surface area contributed by atoms with E-state index in [0.717, 1.165) is 0 Å². The molecule has 0 saturated heterocycles. The molecule has 0 saturated carbocycles. The van der Waals surface area contributed by atoms with Gasteiger partial charge in [-0.25, -0.2) is 0 Å². The molecule has 4 nitrogen and oxygen atoms in total. The van der Waals surface area contributed by atoms with Crippen LogP contribution in [0.1, 0.15) is 5.89 Å². The number of nitrogens with zero attached hydrogens (tertiary/aromatic N) is 1. The van der Waals surface area contributed by atoms with Gasteiger partial charge >= 0.3 is 0 Å². The molecular weight excluding hydrogens is 144 g/mol. The first-order valence-electron chi connectivity index (χ1n) is 3.43. The molecule has 0 aliphatic carbocycles. The summed E-state index contributed by atoms with van der Waals surface area (Å²) >= 11 is 0. The molecule has 2 N–H and O–H groups in total. The number of furan rings is 1. The molecule has 0 bridgehead atoms. The van der Waals surface area contributed by atoms with Crippen LogP contribution in [0.5, 0.6) is 0 Å². The number of hydrogen-bond acceptors (Lipinski definition) is 4. The van der Waals surface area contributed by atoms with Gasteiger partial charge in [0.05, 0.1) is 6.26 Å². The quantitative estimate of drug-likeness (QED) is 0.694. The maximum absolute atomic E-state index is 5.32. The third kappa shape index (κ3) is 1.01. The first-order chi connectivity index (χ1) is 5.40. The Balaban J connectivity index is 2.42. The van der Waals surface area contributed by atoms with Crippen molar-refractivity contribution >= 4 is 11.3 Å². The summed E-state index contributed by atoms with van der Waals surface area (Å²) in [6, 6.07) is 1.74. The molecule has 0 radical (unpaired) electrons. The van der Waals surface area contributed by atoms with Crippen LogP contribution in [-0.4, -0.2) is 11.5 Å². The summed E-state index contributed by atoms with van der Waals surface area (Å²) < 4.78 is 10.3. The van der Waals surface area contributed by atoms with E-state index in [1.165, 1.54) is 0 Å². The average Bonchev–Trinajstić information content (AvgIpc) is 2.46. The van der Waals surface area contributed by atoms with E-state index in [1.807, 2.05) is 0 Å². The van der Waals surface area contributed by atoms with Gasteiger partial charge in [0.1, 0.15) is 0 Å². The minimum absolute atomic E-state index is 0.545. The molecule has 0 fully saturated rings. The lowest BCUT2D eigenvalue weighted by Crippen LogP contribution is -2.02. The van der Waals surface area contributed by atoms with Crippen molar-refractivity contribution in [1.29, 1.82) is 0 Å².